The van der Waals surface area contributed by atoms with Gasteiger partial charge in [0.15, 0.2) is 4.34 Å². The normalized spacial score (nSPS) is 11.1. The molecule has 0 saturated heterocycles. The molecule has 0 aliphatic heterocycles. The van der Waals surface area contributed by atoms with Crippen LogP contribution < -0.4 is 5.56 Å². The summed E-state index contributed by atoms with van der Waals surface area (Å²) in [7, 11) is 0. The van der Waals surface area contributed by atoms with E-state index in [0.29, 0.717) is 5.75 Å². The van der Waals surface area contributed by atoms with Gasteiger partial charge >= 0.3 is 0 Å². The fraction of sp³-hybridized carbons (Fsp3) is 0.105. The van der Waals surface area contributed by atoms with Crippen molar-refractivity contribution in [2.75, 3.05) is 0 Å². The van der Waals surface area contributed by atoms with Crippen molar-refractivity contribution < 1.29 is 0 Å². The van der Waals surface area contributed by atoms with Gasteiger partial charge in [0.25, 0.3) is 5.56 Å². The van der Waals surface area contributed by atoms with Crippen LogP contribution in [0.25, 0.3) is 16.9 Å². The van der Waals surface area contributed by atoms with Crippen LogP contribution in [0.3, 0.4) is 0 Å². The van der Waals surface area contributed by atoms with Crippen LogP contribution in [0.15, 0.2) is 69.2 Å². The van der Waals surface area contributed by atoms with Gasteiger partial charge < -0.3 is 0 Å². The van der Waals surface area contributed by atoms with Crippen molar-refractivity contribution in [1.29, 1.82) is 0 Å². The van der Waals surface area contributed by atoms with E-state index in [9.17, 15) is 4.79 Å². The summed E-state index contributed by atoms with van der Waals surface area (Å²) in [4.78, 5) is 21.6. The van der Waals surface area contributed by atoms with Crippen molar-refractivity contribution in [1.82, 2.24) is 14.4 Å². The van der Waals surface area contributed by atoms with Crippen molar-refractivity contribution in [3.05, 3.63) is 81.7 Å². The summed E-state index contributed by atoms with van der Waals surface area (Å²) in [5, 5.41) is 2.06. The highest BCUT2D eigenvalue weighted by Gasteiger charge is 2.08. The van der Waals surface area contributed by atoms with Gasteiger partial charge in [-0.3, -0.25) is 9.20 Å². The summed E-state index contributed by atoms with van der Waals surface area (Å²) < 4.78 is 2.56. The second-order valence-corrected chi connectivity index (χ2v) is 7.70. The molecular formula is C19H15N3OS2. The predicted molar refractivity (Wildman–Crippen MR) is 103 cm³/mol. The molecule has 6 heteroatoms. The molecule has 0 unspecified atom stereocenters. The number of aryl methyl sites for hydroxylation is 1. The van der Waals surface area contributed by atoms with Crippen molar-refractivity contribution in [2.24, 2.45) is 0 Å². The first-order valence-electron chi connectivity index (χ1n) is 7.82. The van der Waals surface area contributed by atoms with Gasteiger partial charge in [0.2, 0.25) is 0 Å². The minimum absolute atomic E-state index is 0.0478. The molecule has 0 saturated carbocycles. The monoisotopic (exact) mass is 365 g/mol. The number of hydrogen-bond acceptors (Lipinski definition) is 5. The fourth-order valence-corrected chi connectivity index (χ4v) is 4.31. The van der Waals surface area contributed by atoms with Gasteiger partial charge in [-0.1, -0.05) is 48.2 Å². The molecule has 0 spiro atoms. The van der Waals surface area contributed by atoms with Crippen LogP contribution in [-0.4, -0.2) is 14.4 Å². The zero-order valence-electron chi connectivity index (χ0n) is 13.5. The standard InChI is InChI=1S/C19H15N3OS2/c1-13-6-5-9-22-17(23)10-15(20-18(13)22)11-24-19-21-16(12-25-19)14-7-3-2-4-8-14/h2-10,12H,11H2,1H3. The minimum Gasteiger partial charge on any atom is -0.269 e. The molecule has 1 aromatic carbocycles. The van der Waals surface area contributed by atoms with E-state index >= 15 is 0 Å². The van der Waals surface area contributed by atoms with Crippen LogP contribution in [0.1, 0.15) is 11.3 Å². The summed E-state index contributed by atoms with van der Waals surface area (Å²) in [6.07, 6.45) is 1.75. The summed E-state index contributed by atoms with van der Waals surface area (Å²) in [6.45, 7) is 1.96. The van der Waals surface area contributed by atoms with E-state index in [1.165, 1.54) is 0 Å². The van der Waals surface area contributed by atoms with Crippen molar-refractivity contribution in [3.63, 3.8) is 0 Å². The highest BCUT2D eigenvalue weighted by Crippen LogP contribution is 2.29. The van der Waals surface area contributed by atoms with Crippen LogP contribution >= 0.6 is 23.1 Å². The number of aromatic nitrogens is 3. The predicted octanol–water partition coefficient (Wildman–Crippen LogP) is 4.42. The van der Waals surface area contributed by atoms with E-state index in [2.05, 4.69) is 27.5 Å². The van der Waals surface area contributed by atoms with E-state index in [1.807, 2.05) is 37.3 Å². The molecule has 0 N–H and O–H groups in total. The zero-order valence-corrected chi connectivity index (χ0v) is 15.2. The van der Waals surface area contributed by atoms with Crippen LogP contribution in [0.5, 0.6) is 0 Å². The number of hydrogen-bond donors (Lipinski definition) is 0. The van der Waals surface area contributed by atoms with E-state index in [0.717, 1.165) is 32.5 Å². The highest BCUT2D eigenvalue weighted by molar-refractivity contribution is 8.00. The van der Waals surface area contributed by atoms with Gasteiger partial charge in [0.05, 0.1) is 11.4 Å². The molecule has 3 heterocycles. The maximum atomic E-state index is 12.3. The van der Waals surface area contributed by atoms with E-state index in [-0.39, 0.29) is 5.56 Å². The molecule has 0 aliphatic carbocycles. The highest BCUT2D eigenvalue weighted by atomic mass is 32.2. The molecule has 0 amide bonds. The number of benzene rings is 1. The summed E-state index contributed by atoms with van der Waals surface area (Å²) >= 11 is 3.22. The third-order valence-electron chi connectivity index (χ3n) is 3.84. The van der Waals surface area contributed by atoms with Gasteiger partial charge in [-0.05, 0) is 18.6 Å². The van der Waals surface area contributed by atoms with E-state index < -0.39 is 0 Å². The van der Waals surface area contributed by atoms with Crippen LogP contribution in [0, 0.1) is 6.92 Å². The lowest BCUT2D eigenvalue weighted by atomic mass is 10.2. The van der Waals surface area contributed by atoms with Crippen LogP contribution in [0.2, 0.25) is 0 Å². The number of rotatable bonds is 4. The van der Waals surface area contributed by atoms with Gasteiger partial charge in [-0.15, -0.1) is 11.3 Å². The average Bonchev–Trinajstić information content (AvgIpc) is 3.11. The molecule has 3 aromatic heterocycles. The molecule has 0 atom stereocenters. The molecule has 4 rings (SSSR count). The average molecular weight is 365 g/mol. The fourth-order valence-electron chi connectivity index (χ4n) is 2.58. The van der Waals surface area contributed by atoms with Crippen LogP contribution in [-0.2, 0) is 5.75 Å². The third-order valence-corrected chi connectivity index (χ3v) is 5.89. The molecule has 25 heavy (non-hydrogen) atoms. The Morgan fingerprint density at radius 1 is 1.12 bits per heavy atom. The summed E-state index contributed by atoms with van der Waals surface area (Å²) in [5.74, 6) is 0.627. The van der Waals surface area contributed by atoms with Crippen molar-refractivity contribution in [2.45, 2.75) is 17.0 Å². The largest absolute Gasteiger partial charge is 0.269 e. The zero-order chi connectivity index (χ0) is 17.2. The summed E-state index contributed by atoms with van der Waals surface area (Å²) in [5.41, 5.74) is 4.54. The molecule has 0 radical (unpaired) electrons. The second kappa shape index (κ2) is 6.82. The van der Waals surface area contributed by atoms with E-state index in [1.54, 1.807) is 39.8 Å². The topological polar surface area (TPSA) is 47.3 Å². The SMILES string of the molecule is Cc1cccn2c(=O)cc(CSc3nc(-c4ccccc4)cs3)nc12. The smallest absolute Gasteiger partial charge is 0.258 e. The van der Waals surface area contributed by atoms with Gasteiger partial charge in [-0.25, -0.2) is 9.97 Å². The molecule has 4 aromatic rings. The van der Waals surface area contributed by atoms with Crippen molar-refractivity contribution >= 4 is 28.7 Å². The molecule has 0 bridgehead atoms. The van der Waals surface area contributed by atoms with Gasteiger partial charge in [0.1, 0.15) is 5.65 Å². The lowest BCUT2D eigenvalue weighted by Crippen LogP contribution is -2.15. The Balaban J connectivity index is 1.56. The number of fused-ring (bicyclic) bond motifs is 1. The number of pyridine rings is 1. The molecule has 0 fully saturated rings. The Morgan fingerprint density at radius 3 is 2.80 bits per heavy atom. The first-order chi connectivity index (χ1) is 12.2. The quantitative estimate of drug-likeness (QED) is 0.502. The lowest BCUT2D eigenvalue weighted by Gasteiger charge is -2.05. The van der Waals surface area contributed by atoms with E-state index in [4.69, 9.17) is 0 Å². The van der Waals surface area contributed by atoms with Crippen molar-refractivity contribution in [3.8, 4) is 11.3 Å². The first kappa shape index (κ1) is 16.1. The molecular weight excluding hydrogens is 350 g/mol. The Kier molecular flexibility index (Phi) is 4.38. The Hall–Kier alpha value is -2.44. The van der Waals surface area contributed by atoms with Crippen LogP contribution in [0.4, 0.5) is 0 Å². The third kappa shape index (κ3) is 3.36. The Bertz CT molecular complexity index is 1090. The van der Waals surface area contributed by atoms with Gasteiger partial charge in [-0.2, -0.15) is 0 Å². The van der Waals surface area contributed by atoms with Gasteiger partial charge in [0, 0.05) is 29.0 Å². The number of thiazole rings is 1. The molecule has 4 nitrogen and oxygen atoms in total. The Labute approximate surface area is 153 Å². The summed E-state index contributed by atoms with van der Waals surface area (Å²) in [6, 6.07) is 15.6. The second-order valence-electron chi connectivity index (χ2n) is 5.62. The lowest BCUT2D eigenvalue weighted by molar-refractivity contribution is 1.000. The Morgan fingerprint density at radius 2 is 1.96 bits per heavy atom. The minimum atomic E-state index is -0.0478. The number of nitrogens with zero attached hydrogens (tertiary/aromatic N) is 3. The maximum Gasteiger partial charge on any atom is 0.258 e. The molecule has 0 aliphatic rings. The number of thioether (sulfide) groups is 1. The molecule has 124 valence electrons. The first-order valence-corrected chi connectivity index (χ1v) is 9.69. The maximum absolute atomic E-state index is 12.3.